The van der Waals surface area contributed by atoms with Gasteiger partial charge in [-0.25, -0.2) is 13.1 Å². The Balaban J connectivity index is 1.57. The number of amides is 1. The van der Waals surface area contributed by atoms with Crippen molar-refractivity contribution in [2.45, 2.75) is 44.7 Å². The summed E-state index contributed by atoms with van der Waals surface area (Å²) in [6, 6.07) is 20.4. The summed E-state index contributed by atoms with van der Waals surface area (Å²) in [6.07, 6.45) is 0.780. The van der Waals surface area contributed by atoms with Crippen LogP contribution in [0.5, 0.6) is 0 Å². The van der Waals surface area contributed by atoms with Crippen molar-refractivity contribution in [1.82, 2.24) is 4.72 Å². The Morgan fingerprint density at radius 2 is 1.77 bits per heavy atom. The van der Waals surface area contributed by atoms with Crippen LogP contribution in [0.2, 0.25) is 0 Å². The van der Waals surface area contributed by atoms with E-state index in [-0.39, 0.29) is 23.4 Å². The molecule has 1 unspecified atom stereocenters. The van der Waals surface area contributed by atoms with Crippen LogP contribution in [0, 0.1) is 13.8 Å². The van der Waals surface area contributed by atoms with Gasteiger partial charge in [-0.05, 0) is 68.1 Å². The fourth-order valence-corrected chi connectivity index (χ4v) is 5.39. The molecule has 160 valence electrons. The van der Waals surface area contributed by atoms with E-state index in [0.29, 0.717) is 5.56 Å². The smallest absolute Gasteiger partial charge is 0.258 e. The van der Waals surface area contributed by atoms with Gasteiger partial charge in [-0.15, -0.1) is 0 Å². The number of aryl methyl sites for hydroxylation is 2. The monoisotopic (exact) mass is 434 g/mol. The highest BCUT2D eigenvalue weighted by Crippen LogP contribution is 2.34. The van der Waals surface area contributed by atoms with E-state index < -0.39 is 10.0 Å². The van der Waals surface area contributed by atoms with E-state index in [2.05, 4.69) is 4.72 Å². The van der Waals surface area contributed by atoms with Crippen LogP contribution < -0.4 is 9.62 Å². The Labute approximate surface area is 183 Å². The molecule has 0 aliphatic carbocycles. The molecule has 31 heavy (non-hydrogen) atoms. The van der Waals surface area contributed by atoms with Crippen molar-refractivity contribution in [2.24, 2.45) is 0 Å². The molecule has 4 rings (SSSR count). The molecular weight excluding hydrogens is 408 g/mol. The highest BCUT2D eigenvalue weighted by molar-refractivity contribution is 7.89. The minimum Gasteiger partial charge on any atom is -0.305 e. The number of fused-ring (bicyclic) bond motifs is 1. The van der Waals surface area contributed by atoms with Gasteiger partial charge in [0.05, 0.1) is 4.90 Å². The van der Waals surface area contributed by atoms with Gasteiger partial charge in [0, 0.05) is 23.8 Å². The topological polar surface area (TPSA) is 66.5 Å². The molecule has 1 amide bonds. The van der Waals surface area contributed by atoms with Gasteiger partial charge in [-0.1, -0.05) is 48.0 Å². The molecule has 6 heteroatoms. The predicted molar refractivity (Wildman–Crippen MR) is 123 cm³/mol. The van der Waals surface area contributed by atoms with Crippen molar-refractivity contribution in [3.8, 4) is 0 Å². The van der Waals surface area contributed by atoms with Gasteiger partial charge >= 0.3 is 0 Å². The van der Waals surface area contributed by atoms with Crippen LogP contribution in [0.4, 0.5) is 5.69 Å². The number of carbonyl (C=O) groups is 1. The van der Waals surface area contributed by atoms with Gasteiger partial charge in [-0.2, -0.15) is 0 Å². The molecular formula is C25H26N2O3S. The number of nitrogens with one attached hydrogen (secondary N) is 1. The number of rotatable bonds is 5. The molecule has 0 radical (unpaired) electrons. The van der Waals surface area contributed by atoms with E-state index in [0.717, 1.165) is 34.4 Å². The molecule has 0 spiro atoms. The summed E-state index contributed by atoms with van der Waals surface area (Å²) in [4.78, 5) is 15.2. The average molecular weight is 435 g/mol. The molecule has 3 aromatic carbocycles. The first-order valence-corrected chi connectivity index (χ1v) is 11.8. The fourth-order valence-electron chi connectivity index (χ4n) is 4.15. The zero-order valence-corrected chi connectivity index (χ0v) is 18.7. The summed E-state index contributed by atoms with van der Waals surface area (Å²) in [5.41, 5.74) is 5.14. The first-order valence-electron chi connectivity index (χ1n) is 10.3. The number of hydrogen-bond acceptors (Lipinski definition) is 3. The Kier molecular flexibility index (Phi) is 5.69. The van der Waals surface area contributed by atoms with Gasteiger partial charge in [0.1, 0.15) is 0 Å². The number of nitrogens with zero attached hydrogens (tertiary/aromatic N) is 1. The average Bonchev–Trinajstić information content (AvgIpc) is 3.07. The van der Waals surface area contributed by atoms with Crippen LogP contribution in [-0.4, -0.2) is 20.4 Å². The predicted octanol–water partition coefficient (Wildman–Crippen LogP) is 4.37. The lowest BCUT2D eigenvalue weighted by Crippen LogP contribution is -2.35. The van der Waals surface area contributed by atoms with E-state index >= 15 is 0 Å². The molecule has 0 aromatic heterocycles. The molecule has 1 heterocycles. The van der Waals surface area contributed by atoms with Gasteiger partial charge in [0.2, 0.25) is 10.0 Å². The fraction of sp³-hybridized carbons (Fsp3) is 0.240. The van der Waals surface area contributed by atoms with Gasteiger partial charge in [-0.3, -0.25) is 4.79 Å². The van der Waals surface area contributed by atoms with E-state index in [9.17, 15) is 13.2 Å². The quantitative estimate of drug-likeness (QED) is 0.648. The van der Waals surface area contributed by atoms with E-state index in [4.69, 9.17) is 0 Å². The lowest BCUT2D eigenvalue weighted by atomic mass is 10.1. The van der Waals surface area contributed by atoms with Crippen LogP contribution in [0.1, 0.15) is 39.5 Å². The number of carbonyl (C=O) groups excluding carboxylic acids is 1. The van der Waals surface area contributed by atoms with Gasteiger partial charge < -0.3 is 4.90 Å². The summed E-state index contributed by atoms with van der Waals surface area (Å²) >= 11 is 0. The molecule has 0 fully saturated rings. The van der Waals surface area contributed by atoms with Crippen molar-refractivity contribution < 1.29 is 13.2 Å². The number of sulfonamides is 1. The van der Waals surface area contributed by atoms with Crippen molar-refractivity contribution in [2.75, 3.05) is 4.90 Å². The Morgan fingerprint density at radius 1 is 1.03 bits per heavy atom. The second kappa shape index (κ2) is 8.29. The maximum Gasteiger partial charge on any atom is 0.258 e. The molecule has 3 aromatic rings. The van der Waals surface area contributed by atoms with Gasteiger partial charge in [0.25, 0.3) is 5.91 Å². The van der Waals surface area contributed by atoms with Crippen molar-refractivity contribution in [1.29, 1.82) is 0 Å². The number of anilines is 1. The Morgan fingerprint density at radius 3 is 2.48 bits per heavy atom. The van der Waals surface area contributed by atoms with Crippen LogP contribution >= 0.6 is 0 Å². The third kappa shape index (κ3) is 4.27. The first-order chi connectivity index (χ1) is 14.8. The van der Waals surface area contributed by atoms with Crippen molar-refractivity contribution >= 4 is 21.6 Å². The van der Waals surface area contributed by atoms with Crippen LogP contribution in [-0.2, 0) is 23.0 Å². The molecule has 0 bridgehead atoms. The molecule has 5 nitrogen and oxygen atoms in total. The van der Waals surface area contributed by atoms with Crippen molar-refractivity contribution in [3.63, 3.8) is 0 Å². The first kappa shape index (κ1) is 21.3. The highest BCUT2D eigenvalue weighted by Gasteiger charge is 2.31. The standard InChI is InChI=1S/C25H26N2O3S/c1-17-9-12-24(18(2)13-17)31(29,30)26-16-20-10-11-22-14-19(3)27(23(22)15-20)25(28)21-7-5-4-6-8-21/h4-13,15,19,26H,14,16H2,1-3H3. The second-order valence-electron chi connectivity index (χ2n) is 8.15. The lowest BCUT2D eigenvalue weighted by molar-refractivity contribution is 0.0981. The van der Waals surface area contributed by atoms with Crippen LogP contribution in [0.3, 0.4) is 0 Å². The maximum absolute atomic E-state index is 13.1. The zero-order valence-electron chi connectivity index (χ0n) is 17.9. The van der Waals surface area contributed by atoms with Crippen LogP contribution in [0.15, 0.2) is 71.6 Å². The maximum atomic E-state index is 13.1. The van der Waals surface area contributed by atoms with E-state index in [1.54, 1.807) is 19.1 Å². The van der Waals surface area contributed by atoms with Gasteiger partial charge in [0.15, 0.2) is 0 Å². The Hall–Kier alpha value is -2.96. The third-order valence-corrected chi connectivity index (χ3v) is 7.25. The molecule has 1 atom stereocenters. The summed E-state index contributed by atoms with van der Waals surface area (Å²) in [5, 5.41) is 0. The minimum absolute atomic E-state index is 0.0418. The molecule has 1 aliphatic rings. The van der Waals surface area contributed by atoms with E-state index in [1.807, 2.05) is 73.3 Å². The minimum atomic E-state index is -3.63. The summed E-state index contributed by atoms with van der Waals surface area (Å²) < 4.78 is 28.3. The third-order valence-electron chi connectivity index (χ3n) is 5.69. The highest BCUT2D eigenvalue weighted by atomic mass is 32.2. The molecule has 1 aliphatic heterocycles. The Bertz CT molecular complexity index is 1240. The van der Waals surface area contributed by atoms with Crippen LogP contribution in [0.25, 0.3) is 0 Å². The van der Waals surface area contributed by atoms with E-state index in [1.165, 1.54) is 0 Å². The normalized spacial score (nSPS) is 15.7. The zero-order chi connectivity index (χ0) is 22.2. The van der Waals surface area contributed by atoms with Crippen molar-refractivity contribution in [3.05, 3.63) is 94.5 Å². The second-order valence-corrected chi connectivity index (χ2v) is 9.89. The lowest BCUT2D eigenvalue weighted by Gasteiger charge is -2.23. The molecule has 1 N–H and O–H groups in total. The SMILES string of the molecule is Cc1ccc(S(=O)(=O)NCc2ccc3c(c2)N(C(=O)c2ccccc2)C(C)C3)c(C)c1. The molecule has 0 saturated heterocycles. The largest absolute Gasteiger partial charge is 0.305 e. The summed E-state index contributed by atoms with van der Waals surface area (Å²) in [5.74, 6) is -0.0418. The number of hydrogen-bond donors (Lipinski definition) is 1. The number of benzene rings is 3. The summed E-state index contributed by atoms with van der Waals surface area (Å²) in [7, 11) is -3.63. The molecule has 0 saturated carbocycles. The summed E-state index contributed by atoms with van der Waals surface area (Å²) in [6.45, 7) is 5.92.